The molecule has 1 aromatic carbocycles. The van der Waals surface area contributed by atoms with Gasteiger partial charge >= 0.3 is 5.97 Å². The molecule has 0 aliphatic carbocycles. The van der Waals surface area contributed by atoms with Gasteiger partial charge < -0.3 is 14.3 Å². The molecule has 1 heterocycles. The normalized spacial score (nSPS) is 14.1. The molecule has 5 nitrogen and oxygen atoms in total. The minimum Gasteiger partial charge on any atom is -0.512 e. The molecule has 1 aromatic heterocycles. The van der Waals surface area contributed by atoms with Crippen LogP contribution in [0.1, 0.15) is 119 Å². The van der Waals surface area contributed by atoms with E-state index < -0.39 is 5.92 Å². The first-order valence-electron chi connectivity index (χ1n) is 16.3. The van der Waals surface area contributed by atoms with E-state index in [-0.39, 0.29) is 52.2 Å². The second-order valence-electron chi connectivity index (χ2n) is 13.2. The number of hydrogen-bond donors (Lipinski definition) is 1. The van der Waals surface area contributed by atoms with Crippen molar-refractivity contribution in [2.24, 2.45) is 11.8 Å². The highest BCUT2D eigenvalue weighted by Gasteiger charge is 2.28. The molecule has 7 heteroatoms. The van der Waals surface area contributed by atoms with E-state index >= 15 is 0 Å². The van der Waals surface area contributed by atoms with E-state index in [0.717, 1.165) is 18.8 Å². The zero-order valence-corrected chi connectivity index (χ0v) is 30.7. The summed E-state index contributed by atoms with van der Waals surface area (Å²) in [7, 11) is 0. The number of hydrogen-bond acceptors (Lipinski definition) is 5. The number of allylic oxidation sites excluding steroid dienone is 6. The van der Waals surface area contributed by atoms with E-state index in [0.29, 0.717) is 11.1 Å². The second-order valence-corrected chi connectivity index (χ2v) is 13.2. The van der Waals surface area contributed by atoms with Gasteiger partial charge in [0, 0.05) is 30.1 Å². The summed E-state index contributed by atoms with van der Waals surface area (Å²) in [5.74, 6) is -2.02. The smallest absolute Gasteiger partial charge is 0.308 e. The number of Topliss-reactive ketones (excluding diaryl/α,β-unsaturated/α-hetero) is 1. The van der Waals surface area contributed by atoms with Crippen LogP contribution in [0.25, 0.3) is 5.57 Å². The molecule has 1 N–H and O–H groups in total. The number of aliphatic hydroxyl groups is 1. The fourth-order valence-electron chi connectivity index (χ4n) is 4.40. The minimum absolute atomic E-state index is 0.0285. The molecule has 2 atom stereocenters. The number of ether oxygens (including phenoxy) is 1. The summed E-state index contributed by atoms with van der Waals surface area (Å²) in [6, 6.07) is 12.5. The minimum atomic E-state index is -3.05. The van der Waals surface area contributed by atoms with Gasteiger partial charge in [-0.25, -0.2) is 8.78 Å². The average molecular weight is 657 g/mol. The van der Waals surface area contributed by atoms with Gasteiger partial charge in [-0.05, 0) is 88.7 Å². The maximum absolute atomic E-state index is 13.8. The molecule has 0 saturated heterocycles. The summed E-state index contributed by atoms with van der Waals surface area (Å²) >= 11 is 0. The molecule has 0 aliphatic heterocycles. The van der Waals surface area contributed by atoms with E-state index in [9.17, 15) is 23.5 Å². The summed E-state index contributed by atoms with van der Waals surface area (Å²) in [4.78, 5) is 22.2. The molecule has 1 unspecified atom stereocenters. The Bertz CT molecular complexity index is 1340. The SMILES string of the molecule is C=C(C)/C(=C\C(=C/C/C(O)=C(\C)C(C)=O)c1ccoc1)C(C)(F)F.CC(C)C(=O)OC(C)(C)C.CCC(C)[C@H](CC)c1ccccc1. The van der Waals surface area contributed by atoms with Crippen molar-refractivity contribution in [3.8, 4) is 0 Å². The lowest BCUT2D eigenvalue weighted by atomic mass is 9.84. The standard InChI is InChI=1S/C19H22F2O3.C13H20.C8H16O2/c1-12(2)17(19(5,20)21)10-15(16-8-9-24-11-16)6-7-18(23)13(3)14(4)22;1-4-11(3)13(5-2)12-9-7-6-8-10-12;1-6(2)7(9)10-8(3,4)5/h6,8-11,23H,1,7H2,2-5H3;6-11,13H,4-5H2,1-3H3;6H,1-5H3/b15-6+,17-10+,18-13-;;/t;11?,13-;/m.0./s1. The van der Waals surface area contributed by atoms with Crippen LogP contribution in [0.3, 0.4) is 0 Å². The van der Waals surface area contributed by atoms with Crippen LogP contribution in [0.4, 0.5) is 8.78 Å². The predicted octanol–water partition coefficient (Wildman–Crippen LogP) is 11.8. The van der Waals surface area contributed by atoms with Crippen LogP contribution >= 0.6 is 0 Å². The van der Waals surface area contributed by atoms with Crippen molar-refractivity contribution >= 4 is 17.3 Å². The summed E-state index contributed by atoms with van der Waals surface area (Å²) in [6.45, 7) is 24.9. The number of rotatable bonds is 12. The van der Waals surface area contributed by atoms with Gasteiger partial charge in [-0.3, -0.25) is 9.59 Å². The number of furan rings is 1. The lowest BCUT2D eigenvalue weighted by molar-refractivity contribution is -0.158. The molecule has 47 heavy (non-hydrogen) atoms. The number of ketones is 1. The molecule has 0 bridgehead atoms. The van der Waals surface area contributed by atoms with Crippen LogP contribution < -0.4 is 0 Å². The highest BCUT2D eigenvalue weighted by Crippen LogP contribution is 2.32. The zero-order chi connectivity index (χ0) is 36.5. The highest BCUT2D eigenvalue weighted by molar-refractivity contribution is 5.93. The molecule has 2 aromatic rings. The van der Waals surface area contributed by atoms with Gasteiger partial charge in [0.25, 0.3) is 5.92 Å². The molecule has 0 fully saturated rings. The Morgan fingerprint density at radius 2 is 1.55 bits per heavy atom. The molecule has 0 spiro atoms. The Labute approximate surface area is 282 Å². The first-order chi connectivity index (χ1) is 21.7. The molecule has 2 rings (SSSR count). The second kappa shape index (κ2) is 20.5. The Hall–Kier alpha value is -3.74. The third-order valence-corrected chi connectivity index (χ3v) is 7.44. The van der Waals surface area contributed by atoms with Gasteiger partial charge in [0.1, 0.15) is 11.4 Å². The Morgan fingerprint density at radius 1 is 0.979 bits per heavy atom. The fraction of sp³-hybridized carbons (Fsp3) is 0.500. The van der Waals surface area contributed by atoms with Crippen molar-refractivity contribution in [2.75, 3.05) is 0 Å². The summed E-state index contributed by atoms with van der Waals surface area (Å²) in [5, 5.41) is 9.94. The van der Waals surface area contributed by atoms with Gasteiger partial charge in [-0.1, -0.05) is 84.0 Å². The van der Waals surface area contributed by atoms with Crippen LogP contribution in [0.5, 0.6) is 0 Å². The van der Waals surface area contributed by atoms with Crippen LogP contribution in [0.2, 0.25) is 0 Å². The van der Waals surface area contributed by atoms with Gasteiger partial charge in [-0.15, -0.1) is 0 Å². The largest absolute Gasteiger partial charge is 0.512 e. The van der Waals surface area contributed by atoms with Crippen LogP contribution in [0.15, 0.2) is 94.6 Å². The number of esters is 1. The number of benzene rings is 1. The molecule has 0 radical (unpaired) electrons. The topological polar surface area (TPSA) is 76.7 Å². The van der Waals surface area contributed by atoms with Crippen molar-refractivity contribution in [3.05, 3.63) is 101 Å². The third-order valence-electron chi connectivity index (χ3n) is 7.44. The molecular formula is C40H58F2O5. The maximum atomic E-state index is 13.8. The van der Waals surface area contributed by atoms with Crippen LogP contribution in [0, 0.1) is 11.8 Å². The number of aliphatic hydroxyl groups excluding tert-OH is 1. The first kappa shape index (κ1) is 43.3. The van der Waals surface area contributed by atoms with Crippen molar-refractivity contribution in [3.63, 3.8) is 0 Å². The van der Waals surface area contributed by atoms with Crippen LogP contribution in [-0.2, 0) is 14.3 Å². The lowest BCUT2D eigenvalue weighted by Crippen LogP contribution is -2.26. The third kappa shape index (κ3) is 17.1. The monoisotopic (exact) mass is 656 g/mol. The van der Waals surface area contributed by atoms with E-state index in [1.807, 2.05) is 34.6 Å². The highest BCUT2D eigenvalue weighted by atomic mass is 19.3. The van der Waals surface area contributed by atoms with Crippen molar-refractivity contribution in [1.82, 2.24) is 0 Å². The number of carbonyl (C=O) groups is 2. The van der Waals surface area contributed by atoms with Crippen molar-refractivity contribution in [2.45, 2.75) is 120 Å². The molecule has 0 saturated carbocycles. The van der Waals surface area contributed by atoms with Gasteiger partial charge in [0.2, 0.25) is 0 Å². The van der Waals surface area contributed by atoms with E-state index in [1.165, 1.54) is 57.8 Å². The van der Waals surface area contributed by atoms with Gasteiger partial charge in [0.15, 0.2) is 5.78 Å². The zero-order valence-electron chi connectivity index (χ0n) is 30.7. The Kier molecular flexibility index (Phi) is 18.9. The predicted molar refractivity (Wildman–Crippen MR) is 190 cm³/mol. The number of carbonyl (C=O) groups excluding carboxylic acids is 2. The average Bonchev–Trinajstić information content (AvgIpc) is 3.51. The summed E-state index contributed by atoms with van der Waals surface area (Å²) in [6.07, 6.45) is 8.31. The van der Waals surface area contributed by atoms with E-state index in [4.69, 9.17) is 9.15 Å². The Morgan fingerprint density at radius 3 is 1.91 bits per heavy atom. The van der Waals surface area contributed by atoms with Gasteiger partial charge in [-0.2, -0.15) is 0 Å². The first-order valence-corrected chi connectivity index (χ1v) is 16.3. The molecule has 262 valence electrons. The maximum Gasteiger partial charge on any atom is 0.308 e. The lowest BCUT2D eigenvalue weighted by Gasteiger charge is -2.21. The van der Waals surface area contributed by atoms with E-state index in [1.54, 1.807) is 12.1 Å². The van der Waals surface area contributed by atoms with Gasteiger partial charge in [0.05, 0.1) is 18.4 Å². The Balaban J connectivity index is 0.000000768. The quantitative estimate of drug-likeness (QED) is 0.106. The molecule has 0 aliphatic rings. The fourth-order valence-corrected chi connectivity index (χ4v) is 4.40. The van der Waals surface area contributed by atoms with Crippen molar-refractivity contribution < 1.29 is 32.6 Å². The molecule has 0 amide bonds. The van der Waals surface area contributed by atoms with Crippen LogP contribution in [-0.4, -0.2) is 28.4 Å². The van der Waals surface area contributed by atoms with Crippen molar-refractivity contribution in [1.29, 1.82) is 0 Å². The summed E-state index contributed by atoms with van der Waals surface area (Å²) < 4.78 is 37.6. The summed E-state index contributed by atoms with van der Waals surface area (Å²) in [5.41, 5.74) is 2.47. The van der Waals surface area contributed by atoms with E-state index in [2.05, 4.69) is 57.7 Å². The number of halogens is 2. The molecular weight excluding hydrogens is 598 g/mol. The number of alkyl halides is 2.